The predicted molar refractivity (Wildman–Crippen MR) is 75.3 cm³/mol. The monoisotopic (exact) mass is 284 g/mol. The van der Waals surface area contributed by atoms with Crippen LogP contribution in [0.5, 0.6) is 5.88 Å². The van der Waals surface area contributed by atoms with E-state index >= 15 is 0 Å². The average molecular weight is 284 g/mol. The van der Waals surface area contributed by atoms with Gasteiger partial charge in [0.05, 0.1) is 23.7 Å². The van der Waals surface area contributed by atoms with Crippen LogP contribution >= 0.6 is 0 Å². The second-order valence-electron chi connectivity index (χ2n) is 4.87. The van der Waals surface area contributed by atoms with Gasteiger partial charge < -0.3 is 10.1 Å². The molecule has 6 heteroatoms. The molecule has 0 radical (unpaired) electrons. The van der Waals surface area contributed by atoms with Gasteiger partial charge >= 0.3 is 0 Å². The highest BCUT2D eigenvalue weighted by atomic mass is 32.2. The zero-order valence-corrected chi connectivity index (χ0v) is 12.1. The lowest BCUT2D eigenvalue weighted by Crippen LogP contribution is -2.34. The summed E-state index contributed by atoms with van der Waals surface area (Å²) >= 11 is 0. The molecule has 1 aliphatic rings. The second-order valence-corrected chi connectivity index (χ2v) is 7.13. The first-order valence-electron chi connectivity index (χ1n) is 6.55. The first-order valence-corrected chi connectivity index (χ1v) is 8.50. The van der Waals surface area contributed by atoms with Crippen molar-refractivity contribution in [3.63, 3.8) is 0 Å². The summed E-state index contributed by atoms with van der Waals surface area (Å²) in [4.78, 5) is 4.16. The molecule has 106 valence electrons. The zero-order valence-electron chi connectivity index (χ0n) is 11.3. The molecule has 1 fully saturated rings. The normalized spacial score (nSPS) is 23.3. The fourth-order valence-electron chi connectivity index (χ4n) is 2.52. The number of rotatable bonds is 5. The highest BCUT2D eigenvalue weighted by molar-refractivity contribution is 7.91. The molecule has 0 amide bonds. The van der Waals surface area contributed by atoms with E-state index in [0.29, 0.717) is 12.5 Å². The number of ether oxygens (including phenoxy) is 1. The lowest BCUT2D eigenvalue weighted by atomic mass is 10.2. The highest BCUT2D eigenvalue weighted by Crippen LogP contribution is 2.28. The number of anilines is 1. The third-order valence-electron chi connectivity index (χ3n) is 3.38. The van der Waals surface area contributed by atoms with Crippen LogP contribution in [0, 0.1) is 0 Å². The number of hydrogen-bond acceptors (Lipinski definition) is 5. The molecule has 0 spiro atoms. The van der Waals surface area contributed by atoms with Crippen molar-refractivity contribution in [2.24, 2.45) is 0 Å². The van der Waals surface area contributed by atoms with Crippen molar-refractivity contribution < 1.29 is 13.2 Å². The molecule has 0 bridgehead atoms. The smallest absolute Gasteiger partial charge is 0.213 e. The molecule has 0 aliphatic heterocycles. The van der Waals surface area contributed by atoms with Gasteiger partial charge in [-0.1, -0.05) is 0 Å². The lowest BCUT2D eigenvalue weighted by Gasteiger charge is -2.20. The Balaban J connectivity index is 2.04. The van der Waals surface area contributed by atoms with Gasteiger partial charge in [-0.25, -0.2) is 13.4 Å². The Labute approximate surface area is 114 Å². The van der Waals surface area contributed by atoms with Crippen LogP contribution in [0.3, 0.4) is 0 Å². The van der Waals surface area contributed by atoms with E-state index in [1.54, 1.807) is 12.3 Å². The van der Waals surface area contributed by atoms with E-state index in [9.17, 15) is 8.42 Å². The Morgan fingerprint density at radius 1 is 1.42 bits per heavy atom. The Morgan fingerprint density at radius 2 is 2.21 bits per heavy atom. The van der Waals surface area contributed by atoms with Gasteiger partial charge in [-0.3, -0.25) is 0 Å². The Hall–Kier alpha value is -1.30. The van der Waals surface area contributed by atoms with E-state index < -0.39 is 9.84 Å². The number of nitrogens with one attached hydrogen (secondary N) is 1. The third kappa shape index (κ3) is 3.59. The number of aromatic nitrogens is 1. The molecule has 0 aromatic carbocycles. The minimum absolute atomic E-state index is 0.0188. The van der Waals surface area contributed by atoms with Gasteiger partial charge in [0.2, 0.25) is 5.88 Å². The molecular formula is C13H20N2O3S. The molecule has 1 N–H and O–H groups in total. The molecule has 2 unspecified atom stereocenters. The van der Waals surface area contributed by atoms with Crippen molar-refractivity contribution in [2.45, 2.75) is 37.5 Å². The van der Waals surface area contributed by atoms with E-state index in [1.165, 1.54) is 6.26 Å². The van der Waals surface area contributed by atoms with E-state index in [2.05, 4.69) is 10.3 Å². The van der Waals surface area contributed by atoms with E-state index in [-0.39, 0.29) is 11.3 Å². The topological polar surface area (TPSA) is 68.3 Å². The van der Waals surface area contributed by atoms with Crippen molar-refractivity contribution in [3.8, 4) is 5.88 Å². The summed E-state index contributed by atoms with van der Waals surface area (Å²) in [5.41, 5.74) is 0.837. The van der Waals surface area contributed by atoms with E-state index in [0.717, 1.165) is 24.9 Å². The van der Waals surface area contributed by atoms with Crippen LogP contribution in [0.15, 0.2) is 18.3 Å². The summed E-state index contributed by atoms with van der Waals surface area (Å²) in [6, 6.07) is 3.64. The summed E-state index contributed by atoms with van der Waals surface area (Å²) < 4.78 is 28.7. The van der Waals surface area contributed by atoms with Crippen molar-refractivity contribution in [2.75, 3.05) is 18.2 Å². The van der Waals surface area contributed by atoms with Gasteiger partial charge in [0, 0.05) is 18.4 Å². The van der Waals surface area contributed by atoms with Crippen LogP contribution < -0.4 is 10.1 Å². The van der Waals surface area contributed by atoms with Gasteiger partial charge in [-0.15, -0.1) is 0 Å². The van der Waals surface area contributed by atoms with E-state index in [1.807, 2.05) is 13.0 Å². The van der Waals surface area contributed by atoms with Crippen LogP contribution in [0.4, 0.5) is 5.69 Å². The SMILES string of the molecule is CCOc1ccc(NC2CCCC2S(C)(=O)=O)cn1. The van der Waals surface area contributed by atoms with Crippen molar-refractivity contribution in [3.05, 3.63) is 18.3 Å². The van der Waals surface area contributed by atoms with Crippen LogP contribution in [-0.2, 0) is 9.84 Å². The molecule has 1 aromatic heterocycles. The van der Waals surface area contributed by atoms with Crippen molar-refractivity contribution >= 4 is 15.5 Å². The highest BCUT2D eigenvalue weighted by Gasteiger charge is 2.34. The largest absolute Gasteiger partial charge is 0.478 e. The number of sulfone groups is 1. The van der Waals surface area contributed by atoms with Crippen LogP contribution in [0.1, 0.15) is 26.2 Å². The molecule has 1 heterocycles. The summed E-state index contributed by atoms with van der Waals surface area (Å²) in [5.74, 6) is 0.583. The molecule has 1 aromatic rings. The molecule has 5 nitrogen and oxygen atoms in total. The minimum atomic E-state index is -3.00. The molecule has 1 saturated carbocycles. The van der Waals surface area contributed by atoms with Gasteiger partial charge in [0.1, 0.15) is 0 Å². The van der Waals surface area contributed by atoms with Gasteiger partial charge in [-0.2, -0.15) is 0 Å². The molecular weight excluding hydrogens is 264 g/mol. The first kappa shape index (κ1) is 14.1. The molecule has 0 saturated heterocycles. The lowest BCUT2D eigenvalue weighted by molar-refractivity contribution is 0.327. The average Bonchev–Trinajstić information content (AvgIpc) is 2.80. The summed E-state index contributed by atoms with van der Waals surface area (Å²) in [6.45, 7) is 2.49. The number of pyridine rings is 1. The zero-order chi connectivity index (χ0) is 13.9. The first-order chi connectivity index (χ1) is 9.00. The fourth-order valence-corrected chi connectivity index (χ4v) is 3.91. The fraction of sp³-hybridized carbons (Fsp3) is 0.615. The predicted octanol–water partition coefficient (Wildman–Crippen LogP) is 1.86. The molecule has 19 heavy (non-hydrogen) atoms. The van der Waals surface area contributed by atoms with Crippen molar-refractivity contribution in [1.29, 1.82) is 0 Å². The Kier molecular flexibility index (Phi) is 4.29. The number of hydrogen-bond donors (Lipinski definition) is 1. The third-order valence-corrected chi connectivity index (χ3v) is 5.05. The van der Waals surface area contributed by atoms with E-state index in [4.69, 9.17) is 4.74 Å². The van der Waals surface area contributed by atoms with Crippen LogP contribution in [-0.4, -0.2) is 37.6 Å². The second kappa shape index (κ2) is 5.77. The van der Waals surface area contributed by atoms with Gasteiger partial charge in [0.25, 0.3) is 0 Å². The Morgan fingerprint density at radius 3 is 2.79 bits per heavy atom. The molecule has 2 atom stereocenters. The van der Waals surface area contributed by atoms with Crippen LogP contribution in [0.25, 0.3) is 0 Å². The summed E-state index contributed by atoms with van der Waals surface area (Å²) in [6.07, 6.45) is 5.56. The molecule has 1 aliphatic carbocycles. The summed E-state index contributed by atoms with van der Waals surface area (Å²) in [5, 5.41) is 2.98. The molecule has 2 rings (SSSR count). The maximum Gasteiger partial charge on any atom is 0.213 e. The maximum atomic E-state index is 11.7. The van der Waals surface area contributed by atoms with Gasteiger partial charge in [0.15, 0.2) is 9.84 Å². The Bertz CT molecular complexity index is 513. The van der Waals surface area contributed by atoms with Gasteiger partial charge in [-0.05, 0) is 32.3 Å². The summed E-state index contributed by atoms with van der Waals surface area (Å²) in [7, 11) is -3.00. The van der Waals surface area contributed by atoms with Crippen molar-refractivity contribution in [1.82, 2.24) is 4.98 Å². The standard InChI is InChI=1S/C13H20N2O3S/c1-3-18-13-8-7-10(9-14-13)15-11-5-4-6-12(11)19(2,16)17/h7-9,11-12,15H,3-6H2,1-2H3. The minimum Gasteiger partial charge on any atom is -0.478 e. The van der Waals surface area contributed by atoms with Crippen LogP contribution in [0.2, 0.25) is 0 Å². The number of nitrogens with zero attached hydrogens (tertiary/aromatic N) is 1. The quantitative estimate of drug-likeness (QED) is 0.894. The maximum absolute atomic E-state index is 11.7.